The van der Waals surface area contributed by atoms with Crippen LogP contribution in [0.15, 0.2) is 22.8 Å². The first-order valence-corrected chi connectivity index (χ1v) is 3.19. The zero-order chi connectivity index (χ0) is 5.98. The van der Waals surface area contributed by atoms with E-state index in [1.807, 2.05) is 6.08 Å². The Morgan fingerprint density at radius 2 is 2.38 bits per heavy atom. The van der Waals surface area contributed by atoms with Gasteiger partial charge < -0.3 is 0 Å². The van der Waals surface area contributed by atoms with Crippen LogP contribution in [0.4, 0.5) is 0 Å². The fourth-order valence-electron chi connectivity index (χ4n) is 0.804. The maximum atomic E-state index is 5.70. The molecule has 1 rings (SSSR count). The molecule has 0 saturated carbocycles. The van der Waals surface area contributed by atoms with Crippen LogP contribution >= 0.6 is 11.6 Å². The average Bonchev–Trinajstić information content (AvgIpc) is 1.64. The molecule has 8 heavy (non-hydrogen) atoms. The second kappa shape index (κ2) is 2.36. The largest absolute Gasteiger partial charge is 0.0847 e. The highest BCUT2D eigenvalue weighted by Crippen LogP contribution is 2.18. The fourth-order valence-corrected chi connectivity index (χ4v) is 1.10. The van der Waals surface area contributed by atoms with Gasteiger partial charge in [-0.25, -0.2) is 0 Å². The van der Waals surface area contributed by atoms with Crippen molar-refractivity contribution in [2.75, 3.05) is 0 Å². The molecule has 0 fully saturated rings. The summed E-state index contributed by atoms with van der Waals surface area (Å²) in [6.07, 6.45) is 6.36. The van der Waals surface area contributed by atoms with Crippen LogP contribution in [0.25, 0.3) is 0 Å². The highest BCUT2D eigenvalue weighted by atomic mass is 35.5. The molecular formula is C7H9Cl. The average molecular weight is 129 g/mol. The predicted octanol–water partition coefficient (Wildman–Crippen LogP) is 2.85. The molecule has 0 atom stereocenters. The summed E-state index contributed by atoms with van der Waals surface area (Å²) in [7, 11) is 0. The second-order valence-corrected chi connectivity index (χ2v) is 2.55. The molecule has 0 aromatic rings. The molecule has 1 aliphatic rings. The van der Waals surface area contributed by atoms with Gasteiger partial charge in [-0.05, 0) is 25.8 Å². The van der Waals surface area contributed by atoms with Gasteiger partial charge in [-0.1, -0.05) is 23.3 Å². The minimum atomic E-state index is 0.897. The molecule has 0 radical (unpaired) electrons. The zero-order valence-corrected chi connectivity index (χ0v) is 5.70. The van der Waals surface area contributed by atoms with Gasteiger partial charge in [-0.3, -0.25) is 0 Å². The molecule has 0 nitrogen and oxygen atoms in total. The monoisotopic (exact) mass is 128 g/mol. The van der Waals surface area contributed by atoms with Gasteiger partial charge in [-0.15, -0.1) is 0 Å². The van der Waals surface area contributed by atoms with Crippen LogP contribution < -0.4 is 0 Å². The van der Waals surface area contributed by atoms with Crippen LogP contribution in [-0.4, -0.2) is 0 Å². The lowest BCUT2D eigenvalue weighted by Crippen LogP contribution is -1.82. The van der Waals surface area contributed by atoms with Crippen molar-refractivity contribution in [2.45, 2.75) is 19.8 Å². The van der Waals surface area contributed by atoms with E-state index >= 15 is 0 Å². The van der Waals surface area contributed by atoms with Crippen LogP contribution in [0.1, 0.15) is 19.8 Å². The van der Waals surface area contributed by atoms with Gasteiger partial charge in [0.2, 0.25) is 0 Å². The van der Waals surface area contributed by atoms with Gasteiger partial charge in [0.05, 0.1) is 0 Å². The zero-order valence-electron chi connectivity index (χ0n) is 4.95. The van der Waals surface area contributed by atoms with E-state index < -0.39 is 0 Å². The Bertz CT molecular complexity index is 142. The van der Waals surface area contributed by atoms with Gasteiger partial charge in [0.1, 0.15) is 0 Å². The molecular weight excluding hydrogens is 120 g/mol. The Hall–Kier alpha value is -0.230. The summed E-state index contributed by atoms with van der Waals surface area (Å²) < 4.78 is 0. The SMILES string of the molecule is CC1=CC(Cl)=CCC1. The van der Waals surface area contributed by atoms with E-state index in [1.54, 1.807) is 0 Å². The molecule has 0 unspecified atom stereocenters. The lowest BCUT2D eigenvalue weighted by atomic mass is 10.1. The van der Waals surface area contributed by atoms with E-state index in [2.05, 4.69) is 13.0 Å². The van der Waals surface area contributed by atoms with Crippen molar-refractivity contribution in [1.82, 2.24) is 0 Å². The van der Waals surface area contributed by atoms with E-state index in [1.165, 1.54) is 12.0 Å². The minimum absolute atomic E-state index is 0.897. The second-order valence-electron chi connectivity index (χ2n) is 2.12. The van der Waals surface area contributed by atoms with Gasteiger partial charge in [0.25, 0.3) is 0 Å². The number of halogens is 1. The first kappa shape index (κ1) is 5.90. The normalized spacial score (nSPS) is 19.8. The van der Waals surface area contributed by atoms with Crippen LogP contribution in [0, 0.1) is 0 Å². The number of allylic oxidation sites excluding steroid dienone is 4. The predicted molar refractivity (Wildman–Crippen MR) is 36.9 cm³/mol. The van der Waals surface area contributed by atoms with E-state index in [0.717, 1.165) is 11.5 Å². The lowest BCUT2D eigenvalue weighted by molar-refractivity contribution is 0.958. The molecule has 0 aromatic heterocycles. The maximum Gasteiger partial charge on any atom is 0.0365 e. The summed E-state index contributed by atoms with van der Waals surface area (Å²) in [5.41, 5.74) is 1.39. The number of rotatable bonds is 0. The smallest absolute Gasteiger partial charge is 0.0365 e. The van der Waals surface area contributed by atoms with E-state index in [0.29, 0.717) is 0 Å². The fraction of sp³-hybridized carbons (Fsp3) is 0.429. The minimum Gasteiger partial charge on any atom is -0.0847 e. The van der Waals surface area contributed by atoms with Crippen molar-refractivity contribution in [2.24, 2.45) is 0 Å². The highest BCUT2D eigenvalue weighted by molar-refractivity contribution is 6.31. The summed E-state index contributed by atoms with van der Waals surface area (Å²) in [6, 6.07) is 0. The van der Waals surface area contributed by atoms with Gasteiger partial charge in [0, 0.05) is 5.03 Å². The molecule has 0 bridgehead atoms. The Kier molecular flexibility index (Phi) is 1.74. The quantitative estimate of drug-likeness (QED) is 0.471. The molecule has 1 aliphatic carbocycles. The molecule has 0 N–H and O–H groups in total. The summed E-state index contributed by atoms with van der Waals surface area (Å²) in [5.74, 6) is 0. The Balaban J connectivity index is 2.69. The molecule has 44 valence electrons. The van der Waals surface area contributed by atoms with Crippen LogP contribution in [0.5, 0.6) is 0 Å². The lowest BCUT2D eigenvalue weighted by Gasteiger charge is -2.03. The van der Waals surface area contributed by atoms with Crippen molar-refractivity contribution in [1.29, 1.82) is 0 Å². The Morgan fingerprint density at radius 1 is 1.62 bits per heavy atom. The topological polar surface area (TPSA) is 0 Å². The van der Waals surface area contributed by atoms with Crippen LogP contribution in [0.3, 0.4) is 0 Å². The van der Waals surface area contributed by atoms with Crippen molar-refractivity contribution in [3.63, 3.8) is 0 Å². The third-order valence-corrected chi connectivity index (χ3v) is 1.53. The number of hydrogen-bond donors (Lipinski definition) is 0. The third-order valence-electron chi connectivity index (χ3n) is 1.26. The molecule has 0 amide bonds. The van der Waals surface area contributed by atoms with Gasteiger partial charge in [0.15, 0.2) is 0 Å². The maximum absolute atomic E-state index is 5.70. The van der Waals surface area contributed by atoms with Crippen molar-refractivity contribution in [3.05, 3.63) is 22.8 Å². The van der Waals surface area contributed by atoms with Crippen molar-refractivity contribution in [3.8, 4) is 0 Å². The first-order chi connectivity index (χ1) is 3.79. The highest BCUT2D eigenvalue weighted by Gasteiger charge is 1.96. The van der Waals surface area contributed by atoms with E-state index in [4.69, 9.17) is 11.6 Å². The summed E-state index contributed by atoms with van der Waals surface area (Å²) in [6.45, 7) is 2.11. The molecule has 0 aromatic carbocycles. The summed E-state index contributed by atoms with van der Waals surface area (Å²) in [4.78, 5) is 0. The van der Waals surface area contributed by atoms with Gasteiger partial charge >= 0.3 is 0 Å². The number of hydrogen-bond acceptors (Lipinski definition) is 0. The molecule has 0 saturated heterocycles. The van der Waals surface area contributed by atoms with E-state index in [-0.39, 0.29) is 0 Å². The molecule has 0 aliphatic heterocycles. The van der Waals surface area contributed by atoms with Crippen LogP contribution in [-0.2, 0) is 0 Å². The summed E-state index contributed by atoms with van der Waals surface area (Å²) >= 11 is 5.70. The third kappa shape index (κ3) is 1.38. The van der Waals surface area contributed by atoms with Crippen molar-refractivity contribution >= 4 is 11.6 Å². The first-order valence-electron chi connectivity index (χ1n) is 2.82. The Morgan fingerprint density at radius 3 is 2.75 bits per heavy atom. The summed E-state index contributed by atoms with van der Waals surface area (Å²) in [5, 5.41) is 0.897. The molecule has 0 heterocycles. The van der Waals surface area contributed by atoms with Crippen molar-refractivity contribution < 1.29 is 0 Å². The van der Waals surface area contributed by atoms with Crippen LogP contribution in [0.2, 0.25) is 0 Å². The van der Waals surface area contributed by atoms with Gasteiger partial charge in [-0.2, -0.15) is 0 Å². The molecule has 0 spiro atoms. The Labute approximate surface area is 54.8 Å². The molecule has 1 heteroatoms. The van der Waals surface area contributed by atoms with E-state index in [9.17, 15) is 0 Å². The standard InChI is InChI=1S/C7H9Cl/c1-6-3-2-4-7(8)5-6/h4-5H,2-3H2,1H3.